The third-order valence-electron chi connectivity index (χ3n) is 3.76. The molecule has 0 aliphatic rings. The first-order chi connectivity index (χ1) is 11.5. The van der Waals surface area contributed by atoms with Crippen molar-refractivity contribution in [2.45, 2.75) is 6.04 Å². The monoisotopic (exact) mass is 342 g/mol. The smallest absolute Gasteiger partial charge is 0.287 e. The van der Waals surface area contributed by atoms with Crippen molar-refractivity contribution in [3.05, 3.63) is 70.9 Å². The lowest BCUT2D eigenvalue weighted by atomic mass is 10.1. The molecule has 124 valence electrons. The SMILES string of the molecule is CN(C)CC(NC(=O)c1cc2cc(Cl)ccc2o1)c1ccccc1. The summed E-state index contributed by atoms with van der Waals surface area (Å²) in [6, 6.07) is 16.8. The summed E-state index contributed by atoms with van der Waals surface area (Å²) in [5.41, 5.74) is 1.70. The fourth-order valence-corrected chi connectivity index (χ4v) is 2.82. The number of hydrogen-bond acceptors (Lipinski definition) is 3. The number of furan rings is 1. The number of amides is 1. The Bertz CT molecular complexity index is 843. The van der Waals surface area contributed by atoms with Crippen molar-refractivity contribution in [1.82, 2.24) is 10.2 Å². The summed E-state index contributed by atoms with van der Waals surface area (Å²) in [4.78, 5) is 14.6. The number of carbonyl (C=O) groups is 1. The van der Waals surface area contributed by atoms with E-state index in [1.54, 1.807) is 24.3 Å². The summed E-state index contributed by atoms with van der Waals surface area (Å²) >= 11 is 5.98. The molecule has 0 radical (unpaired) electrons. The van der Waals surface area contributed by atoms with Crippen LogP contribution in [0.2, 0.25) is 5.02 Å². The van der Waals surface area contributed by atoms with Crippen molar-refractivity contribution in [2.24, 2.45) is 0 Å². The van der Waals surface area contributed by atoms with Crippen molar-refractivity contribution in [3.63, 3.8) is 0 Å². The average molecular weight is 343 g/mol. The summed E-state index contributed by atoms with van der Waals surface area (Å²) in [5.74, 6) is 0.0463. The highest BCUT2D eigenvalue weighted by Gasteiger charge is 2.19. The van der Waals surface area contributed by atoms with Gasteiger partial charge in [-0.3, -0.25) is 4.79 Å². The third-order valence-corrected chi connectivity index (χ3v) is 3.99. The zero-order chi connectivity index (χ0) is 17.1. The first-order valence-corrected chi connectivity index (χ1v) is 8.10. The van der Waals surface area contributed by atoms with Crippen LogP contribution in [-0.2, 0) is 0 Å². The second kappa shape index (κ2) is 7.07. The molecule has 1 atom stereocenters. The Morgan fingerprint density at radius 2 is 1.92 bits per heavy atom. The van der Waals surface area contributed by atoms with E-state index in [9.17, 15) is 4.79 Å². The van der Waals surface area contributed by atoms with Gasteiger partial charge in [-0.25, -0.2) is 0 Å². The summed E-state index contributed by atoms with van der Waals surface area (Å²) in [5, 5.41) is 4.48. The number of halogens is 1. The number of rotatable bonds is 5. The molecule has 0 saturated heterocycles. The molecule has 4 nitrogen and oxygen atoms in total. The molecule has 3 rings (SSSR count). The third kappa shape index (κ3) is 3.78. The number of likely N-dealkylation sites (N-methyl/N-ethyl adjacent to an activating group) is 1. The fourth-order valence-electron chi connectivity index (χ4n) is 2.64. The van der Waals surface area contributed by atoms with Gasteiger partial charge in [-0.1, -0.05) is 41.9 Å². The molecule has 24 heavy (non-hydrogen) atoms. The van der Waals surface area contributed by atoms with Crippen LogP contribution < -0.4 is 5.32 Å². The van der Waals surface area contributed by atoms with Crippen LogP contribution in [0.1, 0.15) is 22.2 Å². The second-order valence-corrected chi connectivity index (χ2v) is 6.43. The molecule has 0 fully saturated rings. The van der Waals surface area contributed by atoms with Crippen molar-refractivity contribution < 1.29 is 9.21 Å². The predicted octanol–water partition coefficient (Wildman–Crippen LogP) is 4.12. The lowest BCUT2D eigenvalue weighted by Gasteiger charge is -2.22. The Morgan fingerprint density at radius 3 is 2.62 bits per heavy atom. The van der Waals surface area contributed by atoms with E-state index < -0.39 is 0 Å². The van der Waals surface area contributed by atoms with Crippen molar-refractivity contribution in [1.29, 1.82) is 0 Å². The molecule has 1 amide bonds. The number of carbonyl (C=O) groups excluding carboxylic acids is 1. The summed E-state index contributed by atoms with van der Waals surface area (Å²) in [7, 11) is 3.95. The largest absolute Gasteiger partial charge is 0.451 e. The van der Waals surface area contributed by atoms with Gasteiger partial charge >= 0.3 is 0 Å². The maximum absolute atomic E-state index is 12.6. The Morgan fingerprint density at radius 1 is 1.17 bits per heavy atom. The van der Waals surface area contributed by atoms with Gasteiger partial charge in [0.2, 0.25) is 0 Å². The first-order valence-electron chi connectivity index (χ1n) is 7.72. The molecular weight excluding hydrogens is 324 g/mol. The maximum Gasteiger partial charge on any atom is 0.287 e. The molecule has 1 N–H and O–H groups in total. The Kier molecular flexibility index (Phi) is 4.88. The first kappa shape index (κ1) is 16.6. The van der Waals surface area contributed by atoms with Gasteiger partial charge in [0.1, 0.15) is 5.58 Å². The van der Waals surface area contributed by atoms with Gasteiger partial charge in [-0.05, 0) is 43.9 Å². The number of nitrogens with one attached hydrogen (secondary N) is 1. The minimum absolute atomic E-state index is 0.120. The van der Waals surface area contributed by atoms with Crippen LogP contribution in [0, 0.1) is 0 Å². The van der Waals surface area contributed by atoms with Crippen molar-refractivity contribution in [3.8, 4) is 0 Å². The Hall–Kier alpha value is -2.30. The fraction of sp³-hybridized carbons (Fsp3) is 0.211. The standard InChI is InChI=1S/C19H19ClN2O2/c1-22(2)12-16(13-6-4-3-5-7-13)21-19(23)18-11-14-10-15(20)8-9-17(14)24-18/h3-11,16H,12H2,1-2H3,(H,21,23). The van der Waals surface area contributed by atoms with E-state index in [0.717, 1.165) is 10.9 Å². The molecular formula is C19H19ClN2O2. The van der Waals surface area contributed by atoms with Gasteiger partial charge in [-0.2, -0.15) is 0 Å². The van der Waals surface area contributed by atoms with Crippen LogP contribution in [0.25, 0.3) is 11.0 Å². The van der Waals surface area contributed by atoms with E-state index in [0.29, 0.717) is 17.2 Å². The molecule has 0 aliphatic carbocycles. The normalized spacial score (nSPS) is 12.5. The highest BCUT2D eigenvalue weighted by atomic mass is 35.5. The number of benzene rings is 2. The van der Waals surface area contributed by atoms with E-state index >= 15 is 0 Å². The molecule has 1 unspecified atom stereocenters. The Labute approximate surface area is 146 Å². The Balaban J connectivity index is 1.84. The van der Waals surface area contributed by atoms with E-state index in [1.165, 1.54) is 0 Å². The van der Waals surface area contributed by atoms with Crippen LogP contribution in [0.5, 0.6) is 0 Å². The average Bonchev–Trinajstić information content (AvgIpc) is 2.98. The number of hydrogen-bond donors (Lipinski definition) is 1. The highest BCUT2D eigenvalue weighted by Crippen LogP contribution is 2.23. The quantitative estimate of drug-likeness (QED) is 0.758. The summed E-state index contributed by atoms with van der Waals surface area (Å²) in [6.45, 7) is 0.696. The topological polar surface area (TPSA) is 45.5 Å². The summed E-state index contributed by atoms with van der Waals surface area (Å²) < 4.78 is 5.64. The van der Waals surface area contributed by atoms with E-state index in [4.69, 9.17) is 16.0 Å². The van der Waals surface area contributed by atoms with Gasteiger partial charge in [0.05, 0.1) is 6.04 Å². The maximum atomic E-state index is 12.6. The molecule has 3 aromatic rings. The van der Waals surface area contributed by atoms with E-state index in [1.807, 2.05) is 49.3 Å². The zero-order valence-corrected chi connectivity index (χ0v) is 14.4. The lowest BCUT2D eigenvalue weighted by Crippen LogP contribution is -2.35. The van der Waals surface area contributed by atoms with Crippen molar-refractivity contribution in [2.75, 3.05) is 20.6 Å². The van der Waals surface area contributed by atoms with Gasteiger partial charge in [0, 0.05) is 17.0 Å². The second-order valence-electron chi connectivity index (χ2n) is 5.99. The van der Waals surface area contributed by atoms with Gasteiger partial charge in [0.25, 0.3) is 5.91 Å². The highest BCUT2D eigenvalue weighted by molar-refractivity contribution is 6.31. The molecule has 0 bridgehead atoms. The zero-order valence-electron chi connectivity index (χ0n) is 13.6. The molecule has 2 aromatic carbocycles. The number of nitrogens with zero attached hydrogens (tertiary/aromatic N) is 1. The minimum Gasteiger partial charge on any atom is -0.451 e. The molecule has 1 heterocycles. The van der Waals surface area contributed by atoms with Crippen LogP contribution in [0.4, 0.5) is 0 Å². The molecule has 0 saturated carbocycles. The number of fused-ring (bicyclic) bond motifs is 1. The van der Waals surface area contributed by atoms with Crippen molar-refractivity contribution >= 4 is 28.5 Å². The van der Waals surface area contributed by atoms with Gasteiger partial charge in [-0.15, -0.1) is 0 Å². The van der Waals surface area contributed by atoms with Crippen LogP contribution in [0.15, 0.2) is 59.0 Å². The lowest BCUT2D eigenvalue weighted by molar-refractivity contribution is 0.0904. The molecule has 0 spiro atoms. The molecule has 5 heteroatoms. The van der Waals surface area contributed by atoms with Gasteiger partial charge in [0.15, 0.2) is 5.76 Å². The van der Waals surface area contributed by atoms with Crippen LogP contribution >= 0.6 is 11.6 Å². The van der Waals surface area contributed by atoms with Crippen LogP contribution in [-0.4, -0.2) is 31.4 Å². The van der Waals surface area contributed by atoms with E-state index in [-0.39, 0.29) is 17.7 Å². The minimum atomic E-state index is -0.238. The molecule has 1 aromatic heterocycles. The molecule has 0 aliphatic heterocycles. The van der Waals surface area contributed by atoms with Gasteiger partial charge < -0.3 is 14.6 Å². The summed E-state index contributed by atoms with van der Waals surface area (Å²) in [6.07, 6.45) is 0. The predicted molar refractivity (Wildman–Crippen MR) is 96.4 cm³/mol. The van der Waals surface area contributed by atoms with E-state index in [2.05, 4.69) is 5.32 Å². The van der Waals surface area contributed by atoms with Crippen LogP contribution in [0.3, 0.4) is 0 Å².